The summed E-state index contributed by atoms with van der Waals surface area (Å²) in [5.41, 5.74) is 8.13. The Hall–Kier alpha value is -1.32. The minimum Gasteiger partial charge on any atom is -0.387 e. The van der Waals surface area contributed by atoms with Crippen molar-refractivity contribution in [1.29, 1.82) is 0 Å². The predicted molar refractivity (Wildman–Crippen MR) is 67.4 cm³/mol. The first-order chi connectivity index (χ1) is 7.34. The van der Waals surface area contributed by atoms with E-state index in [0.29, 0.717) is 12.4 Å². The molecule has 0 spiro atoms. The zero-order chi connectivity index (χ0) is 12.3. The highest BCUT2D eigenvalue weighted by Gasteiger charge is 2.15. The van der Waals surface area contributed by atoms with Crippen molar-refractivity contribution in [1.82, 2.24) is 9.78 Å². The normalized spacial score (nSPS) is 13.2. The Morgan fingerprint density at radius 3 is 2.62 bits per heavy atom. The molecule has 0 fully saturated rings. The van der Waals surface area contributed by atoms with Crippen molar-refractivity contribution in [3.8, 4) is 0 Å². The van der Waals surface area contributed by atoms with Gasteiger partial charge in [-0.05, 0) is 6.42 Å². The number of rotatable bonds is 3. The van der Waals surface area contributed by atoms with Gasteiger partial charge in [-0.2, -0.15) is 5.10 Å². The molecule has 4 heteroatoms. The van der Waals surface area contributed by atoms with Crippen molar-refractivity contribution >= 4 is 5.84 Å². The summed E-state index contributed by atoms with van der Waals surface area (Å²) in [6.45, 7) is 8.92. The molecule has 0 saturated heterocycles. The molecule has 0 saturated carbocycles. The van der Waals surface area contributed by atoms with Crippen LogP contribution >= 0.6 is 0 Å². The molecule has 1 heterocycles. The summed E-state index contributed by atoms with van der Waals surface area (Å²) in [7, 11) is 1.93. The molecule has 1 aromatic heterocycles. The Labute approximate surface area is 97.6 Å². The lowest BCUT2D eigenvalue weighted by molar-refractivity contribution is 0.581. The SMILES string of the molecule is CCc1nn(C)cc1CN=C(N)C(C)(C)C. The molecule has 90 valence electrons. The molecule has 1 aromatic rings. The average molecular weight is 222 g/mol. The molecule has 0 aromatic carbocycles. The summed E-state index contributed by atoms with van der Waals surface area (Å²) in [4.78, 5) is 4.43. The number of nitrogens with zero attached hydrogens (tertiary/aromatic N) is 3. The van der Waals surface area contributed by atoms with Crippen LogP contribution in [0, 0.1) is 5.41 Å². The van der Waals surface area contributed by atoms with Crippen LogP contribution in [0.5, 0.6) is 0 Å². The fourth-order valence-corrected chi connectivity index (χ4v) is 1.42. The number of aromatic nitrogens is 2. The lowest BCUT2D eigenvalue weighted by Crippen LogP contribution is -2.29. The third-order valence-corrected chi connectivity index (χ3v) is 2.51. The van der Waals surface area contributed by atoms with E-state index in [4.69, 9.17) is 5.73 Å². The largest absolute Gasteiger partial charge is 0.387 e. The molecule has 0 amide bonds. The maximum Gasteiger partial charge on any atom is 0.0995 e. The van der Waals surface area contributed by atoms with Crippen molar-refractivity contribution in [3.05, 3.63) is 17.5 Å². The van der Waals surface area contributed by atoms with E-state index < -0.39 is 0 Å². The fourth-order valence-electron chi connectivity index (χ4n) is 1.42. The van der Waals surface area contributed by atoms with Crippen LogP contribution in [0.25, 0.3) is 0 Å². The first-order valence-corrected chi connectivity index (χ1v) is 5.66. The lowest BCUT2D eigenvalue weighted by atomic mass is 9.95. The lowest BCUT2D eigenvalue weighted by Gasteiger charge is -2.17. The van der Waals surface area contributed by atoms with Crippen LogP contribution in [0.3, 0.4) is 0 Å². The number of hydrogen-bond donors (Lipinski definition) is 1. The number of aryl methyl sites for hydroxylation is 2. The Balaban J connectivity index is 2.81. The number of aliphatic imine (C=N–C) groups is 1. The Morgan fingerprint density at radius 1 is 1.50 bits per heavy atom. The van der Waals surface area contributed by atoms with Gasteiger partial charge in [0.15, 0.2) is 0 Å². The van der Waals surface area contributed by atoms with Crippen LogP contribution < -0.4 is 5.73 Å². The van der Waals surface area contributed by atoms with Gasteiger partial charge in [0, 0.05) is 24.2 Å². The zero-order valence-electron chi connectivity index (χ0n) is 10.9. The summed E-state index contributed by atoms with van der Waals surface area (Å²) >= 11 is 0. The van der Waals surface area contributed by atoms with Gasteiger partial charge in [0.1, 0.15) is 0 Å². The summed E-state index contributed by atoms with van der Waals surface area (Å²) < 4.78 is 1.83. The first-order valence-electron chi connectivity index (χ1n) is 5.66. The second kappa shape index (κ2) is 4.68. The van der Waals surface area contributed by atoms with E-state index >= 15 is 0 Å². The maximum absolute atomic E-state index is 5.92. The van der Waals surface area contributed by atoms with Crippen LogP contribution in [-0.4, -0.2) is 15.6 Å². The second-order valence-electron chi connectivity index (χ2n) is 5.08. The highest BCUT2D eigenvalue weighted by atomic mass is 15.3. The second-order valence-corrected chi connectivity index (χ2v) is 5.08. The van der Waals surface area contributed by atoms with Gasteiger partial charge in [-0.25, -0.2) is 0 Å². The van der Waals surface area contributed by atoms with E-state index in [0.717, 1.165) is 17.7 Å². The molecule has 4 nitrogen and oxygen atoms in total. The van der Waals surface area contributed by atoms with Crippen LogP contribution in [0.4, 0.5) is 0 Å². The topological polar surface area (TPSA) is 56.2 Å². The van der Waals surface area contributed by atoms with Crippen LogP contribution in [-0.2, 0) is 20.0 Å². The molecular weight excluding hydrogens is 200 g/mol. The molecule has 1 rings (SSSR count). The van der Waals surface area contributed by atoms with Gasteiger partial charge < -0.3 is 5.73 Å². The Bertz CT molecular complexity index is 382. The minimum absolute atomic E-state index is 0.0609. The Morgan fingerprint density at radius 2 is 2.12 bits per heavy atom. The van der Waals surface area contributed by atoms with Crippen LogP contribution in [0.2, 0.25) is 0 Å². The van der Waals surface area contributed by atoms with E-state index in [2.05, 4.69) is 37.8 Å². The van der Waals surface area contributed by atoms with Gasteiger partial charge in [-0.3, -0.25) is 9.67 Å². The van der Waals surface area contributed by atoms with E-state index in [1.54, 1.807) is 0 Å². The average Bonchev–Trinajstić information content (AvgIpc) is 2.53. The number of nitrogens with two attached hydrogens (primary N) is 1. The van der Waals surface area contributed by atoms with Gasteiger partial charge in [0.25, 0.3) is 0 Å². The monoisotopic (exact) mass is 222 g/mol. The smallest absolute Gasteiger partial charge is 0.0995 e. The molecular formula is C12H22N4. The molecule has 0 radical (unpaired) electrons. The molecule has 0 atom stereocenters. The minimum atomic E-state index is -0.0609. The molecule has 0 aliphatic rings. The third kappa shape index (κ3) is 3.08. The zero-order valence-corrected chi connectivity index (χ0v) is 10.9. The molecule has 0 aliphatic heterocycles. The highest BCUT2D eigenvalue weighted by Crippen LogP contribution is 2.14. The standard InChI is InChI=1S/C12H22N4/c1-6-10-9(8-16(5)15-10)7-14-11(13)12(2,3)4/h8H,6-7H2,1-5H3,(H2,13,14). The van der Waals surface area contributed by atoms with Crippen molar-refractivity contribution in [3.63, 3.8) is 0 Å². The molecule has 0 bridgehead atoms. The van der Waals surface area contributed by atoms with E-state index in [9.17, 15) is 0 Å². The van der Waals surface area contributed by atoms with Crippen molar-refractivity contribution in [2.75, 3.05) is 0 Å². The predicted octanol–water partition coefficient (Wildman–Crippen LogP) is 1.89. The summed E-state index contributed by atoms with van der Waals surface area (Å²) in [6.07, 6.45) is 2.94. The van der Waals surface area contributed by atoms with Gasteiger partial charge in [0.2, 0.25) is 0 Å². The Kier molecular flexibility index (Phi) is 3.73. The highest BCUT2D eigenvalue weighted by molar-refractivity contribution is 5.85. The number of hydrogen-bond acceptors (Lipinski definition) is 2. The van der Waals surface area contributed by atoms with Crippen molar-refractivity contribution < 1.29 is 0 Å². The molecule has 0 unspecified atom stereocenters. The summed E-state index contributed by atoms with van der Waals surface area (Å²) in [6, 6.07) is 0. The quantitative estimate of drug-likeness (QED) is 0.627. The van der Waals surface area contributed by atoms with Crippen molar-refractivity contribution in [2.24, 2.45) is 23.2 Å². The van der Waals surface area contributed by atoms with Crippen molar-refractivity contribution in [2.45, 2.75) is 40.7 Å². The fraction of sp³-hybridized carbons (Fsp3) is 0.667. The maximum atomic E-state index is 5.92. The molecule has 0 aliphatic carbocycles. The molecule has 2 N–H and O–H groups in total. The van der Waals surface area contributed by atoms with Gasteiger partial charge >= 0.3 is 0 Å². The van der Waals surface area contributed by atoms with Crippen LogP contribution in [0.15, 0.2) is 11.2 Å². The number of amidine groups is 1. The van der Waals surface area contributed by atoms with Gasteiger partial charge in [-0.1, -0.05) is 27.7 Å². The van der Waals surface area contributed by atoms with Gasteiger partial charge in [0.05, 0.1) is 18.1 Å². The van der Waals surface area contributed by atoms with E-state index in [-0.39, 0.29) is 5.41 Å². The van der Waals surface area contributed by atoms with Gasteiger partial charge in [-0.15, -0.1) is 0 Å². The summed E-state index contributed by atoms with van der Waals surface area (Å²) in [5, 5.41) is 4.38. The van der Waals surface area contributed by atoms with E-state index in [1.807, 2.05) is 17.9 Å². The molecule has 16 heavy (non-hydrogen) atoms. The third-order valence-electron chi connectivity index (χ3n) is 2.51. The van der Waals surface area contributed by atoms with E-state index in [1.165, 1.54) is 0 Å². The first kappa shape index (κ1) is 12.7. The van der Waals surface area contributed by atoms with Crippen LogP contribution in [0.1, 0.15) is 39.0 Å². The summed E-state index contributed by atoms with van der Waals surface area (Å²) in [5.74, 6) is 0.693.